The molecule has 5 rings (SSSR count). The molecule has 0 aliphatic carbocycles. The molecule has 0 spiro atoms. The lowest BCUT2D eigenvalue weighted by Gasteiger charge is -2.11. The summed E-state index contributed by atoms with van der Waals surface area (Å²) >= 11 is 0. The van der Waals surface area contributed by atoms with Crippen molar-refractivity contribution in [3.05, 3.63) is 120 Å². The number of nitrogens with zero attached hydrogens (tertiary/aromatic N) is 2. The number of amides is 1. The van der Waals surface area contributed by atoms with Crippen molar-refractivity contribution < 1.29 is 17.9 Å². The van der Waals surface area contributed by atoms with E-state index < -0.39 is 15.7 Å². The smallest absolute Gasteiger partial charge is 0.252 e. The standard InChI is InChI=1S/C29H25N3O4S/c1-20-31-28-25(16-17-26(27(28)29(30)33)37(34,35)24-10-6-3-7-11-24)32(20)18-21-12-14-23(15-13-21)36-19-22-8-4-2-5-9-22/h2-17H,18-19H2,1H3,(H2,30,33). The molecule has 1 aromatic heterocycles. The van der Waals surface area contributed by atoms with Crippen molar-refractivity contribution in [2.24, 2.45) is 5.73 Å². The second kappa shape index (κ2) is 9.91. The van der Waals surface area contributed by atoms with E-state index in [2.05, 4.69) is 4.98 Å². The van der Waals surface area contributed by atoms with Gasteiger partial charge in [0.25, 0.3) is 5.91 Å². The van der Waals surface area contributed by atoms with Crippen LogP contribution in [0, 0.1) is 6.92 Å². The molecule has 0 atom stereocenters. The number of fused-ring (bicyclic) bond motifs is 1. The van der Waals surface area contributed by atoms with Crippen LogP contribution in [0.4, 0.5) is 0 Å². The Bertz CT molecular complexity index is 1680. The third-order valence-corrected chi connectivity index (χ3v) is 7.99. The van der Waals surface area contributed by atoms with Crippen molar-refractivity contribution in [3.8, 4) is 5.75 Å². The predicted molar refractivity (Wildman–Crippen MR) is 141 cm³/mol. The van der Waals surface area contributed by atoms with Gasteiger partial charge in [-0.1, -0.05) is 60.7 Å². The van der Waals surface area contributed by atoms with Crippen molar-refractivity contribution in [2.75, 3.05) is 0 Å². The highest BCUT2D eigenvalue weighted by Gasteiger charge is 2.27. The van der Waals surface area contributed by atoms with Crippen LogP contribution < -0.4 is 10.5 Å². The lowest BCUT2D eigenvalue weighted by molar-refractivity contribution is 0.0998. The lowest BCUT2D eigenvalue weighted by Crippen LogP contribution is -2.17. The molecule has 7 nitrogen and oxygen atoms in total. The largest absolute Gasteiger partial charge is 0.489 e. The van der Waals surface area contributed by atoms with E-state index in [9.17, 15) is 13.2 Å². The normalized spacial score (nSPS) is 11.5. The maximum atomic E-state index is 13.3. The highest BCUT2D eigenvalue weighted by molar-refractivity contribution is 7.91. The average molecular weight is 512 g/mol. The molecular formula is C29H25N3O4S. The van der Waals surface area contributed by atoms with Crippen LogP contribution in [0.1, 0.15) is 27.3 Å². The summed E-state index contributed by atoms with van der Waals surface area (Å²) in [6.07, 6.45) is 0. The Balaban J connectivity index is 1.46. The van der Waals surface area contributed by atoms with E-state index in [1.165, 1.54) is 18.2 Å². The zero-order chi connectivity index (χ0) is 26.0. The molecule has 37 heavy (non-hydrogen) atoms. The summed E-state index contributed by atoms with van der Waals surface area (Å²) in [5.74, 6) is 0.549. The highest BCUT2D eigenvalue weighted by atomic mass is 32.2. The number of ether oxygens (including phenoxy) is 1. The first kappa shape index (κ1) is 24.3. The molecule has 186 valence electrons. The van der Waals surface area contributed by atoms with Gasteiger partial charge >= 0.3 is 0 Å². The van der Waals surface area contributed by atoms with Gasteiger partial charge in [0.2, 0.25) is 9.84 Å². The van der Waals surface area contributed by atoms with Gasteiger partial charge in [-0.3, -0.25) is 4.79 Å². The third kappa shape index (κ3) is 4.83. The first-order chi connectivity index (χ1) is 17.8. The quantitative estimate of drug-likeness (QED) is 0.319. The van der Waals surface area contributed by atoms with E-state index in [-0.39, 0.29) is 20.9 Å². The minimum Gasteiger partial charge on any atom is -0.489 e. The van der Waals surface area contributed by atoms with Gasteiger partial charge < -0.3 is 15.0 Å². The fourth-order valence-electron chi connectivity index (χ4n) is 4.29. The van der Waals surface area contributed by atoms with Gasteiger partial charge in [0.05, 0.1) is 20.9 Å². The molecule has 0 unspecified atom stereocenters. The number of sulfone groups is 1. The highest BCUT2D eigenvalue weighted by Crippen LogP contribution is 2.30. The van der Waals surface area contributed by atoms with Crippen LogP contribution in [-0.4, -0.2) is 23.9 Å². The average Bonchev–Trinajstić information content (AvgIpc) is 3.23. The minimum atomic E-state index is -3.96. The maximum absolute atomic E-state index is 13.3. The van der Waals surface area contributed by atoms with Crippen molar-refractivity contribution in [2.45, 2.75) is 29.9 Å². The summed E-state index contributed by atoms with van der Waals surface area (Å²) in [4.78, 5) is 17.0. The van der Waals surface area contributed by atoms with Crippen LogP contribution in [0.5, 0.6) is 5.75 Å². The zero-order valence-corrected chi connectivity index (χ0v) is 21.0. The molecule has 5 aromatic rings. The number of aryl methyl sites for hydroxylation is 1. The number of benzene rings is 4. The first-order valence-electron chi connectivity index (χ1n) is 11.7. The number of carbonyl (C=O) groups is 1. The number of hydrogen-bond donors (Lipinski definition) is 1. The van der Waals surface area contributed by atoms with E-state index in [0.717, 1.165) is 16.9 Å². The lowest BCUT2D eigenvalue weighted by atomic mass is 10.1. The van der Waals surface area contributed by atoms with Crippen molar-refractivity contribution in [3.63, 3.8) is 0 Å². The Labute approximate surface area is 215 Å². The number of aromatic nitrogens is 2. The fraction of sp³-hybridized carbons (Fsp3) is 0.103. The van der Waals surface area contributed by atoms with Crippen LogP contribution in [0.3, 0.4) is 0 Å². The first-order valence-corrected chi connectivity index (χ1v) is 13.2. The number of carbonyl (C=O) groups excluding carboxylic acids is 1. The molecular weight excluding hydrogens is 486 g/mol. The van der Waals surface area contributed by atoms with Gasteiger partial charge in [0.1, 0.15) is 23.7 Å². The van der Waals surface area contributed by atoms with Gasteiger partial charge in [-0.2, -0.15) is 0 Å². The molecule has 0 bridgehead atoms. The number of nitrogens with two attached hydrogens (primary N) is 1. The number of rotatable bonds is 8. The monoisotopic (exact) mass is 511 g/mol. The fourth-order valence-corrected chi connectivity index (χ4v) is 5.77. The Morgan fingerprint density at radius 2 is 1.51 bits per heavy atom. The topological polar surface area (TPSA) is 104 Å². The van der Waals surface area contributed by atoms with E-state index >= 15 is 0 Å². The van der Waals surface area contributed by atoms with E-state index in [1.54, 1.807) is 24.3 Å². The van der Waals surface area contributed by atoms with Crippen LogP contribution in [0.25, 0.3) is 11.0 Å². The summed E-state index contributed by atoms with van der Waals surface area (Å²) in [6.45, 7) is 2.77. The van der Waals surface area contributed by atoms with E-state index in [1.807, 2.05) is 66.1 Å². The van der Waals surface area contributed by atoms with Crippen LogP contribution in [0.2, 0.25) is 0 Å². The summed E-state index contributed by atoms with van der Waals surface area (Å²) in [7, 11) is -3.96. The molecule has 1 heterocycles. The maximum Gasteiger partial charge on any atom is 0.252 e. The third-order valence-electron chi connectivity index (χ3n) is 6.18. The van der Waals surface area contributed by atoms with E-state index in [4.69, 9.17) is 10.5 Å². The SMILES string of the molecule is Cc1nc2c(C(N)=O)c(S(=O)(=O)c3ccccc3)ccc2n1Cc1ccc(OCc2ccccc2)cc1. The van der Waals surface area contributed by atoms with Crippen molar-refractivity contribution >= 4 is 26.8 Å². The van der Waals surface area contributed by atoms with Gasteiger partial charge in [-0.25, -0.2) is 13.4 Å². The van der Waals surface area contributed by atoms with Gasteiger partial charge in [-0.05, 0) is 54.4 Å². The summed E-state index contributed by atoms with van der Waals surface area (Å²) < 4.78 is 34.4. The molecule has 0 aliphatic rings. The van der Waals surface area contributed by atoms with Crippen molar-refractivity contribution in [1.82, 2.24) is 9.55 Å². The Morgan fingerprint density at radius 1 is 0.865 bits per heavy atom. The number of primary amides is 1. The summed E-state index contributed by atoms with van der Waals surface area (Å²) in [5, 5.41) is 0. The second-order valence-corrected chi connectivity index (χ2v) is 10.6. The Hall–Kier alpha value is -4.43. The molecule has 0 saturated carbocycles. The van der Waals surface area contributed by atoms with Gasteiger partial charge in [0.15, 0.2) is 0 Å². The Kier molecular flexibility index (Phi) is 6.50. The van der Waals surface area contributed by atoms with Crippen LogP contribution >= 0.6 is 0 Å². The minimum absolute atomic E-state index is 0.0857. The molecule has 0 fully saturated rings. The number of imidazole rings is 1. The number of hydrogen-bond acceptors (Lipinski definition) is 5. The molecule has 0 radical (unpaired) electrons. The summed E-state index contributed by atoms with van der Waals surface area (Å²) in [6, 6.07) is 28.8. The van der Waals surface area contributed by atoms with Gasteiger partial charge in [-0.15, -0.1) is 0 Å². The van der Waals surface area contributed by atoms with E-state index in [0.29, 0.717) is 24.5 Å². The second-order valence-electron chi connectivity index (χ2n) is 8.65. The summed E-state index contributed by atoms with van der Waals surface area (Å²) in [5.41, 5.74) is 8.57. The zero-order valence-electron chi connectivity index (χ0n) is 20.2. The van der Waals surface area contributed by atoms with Crippen molar-refractivity contribution in [1.29, 1.82) is 0 Å². The molecule has 4 aromatic carbocycles. The Morgan fingerprint density at radius 3 is 2.16 bits per heavy atom. The molecule has 1 amide bonds. The molecule has 0 aliphatic heterocycles. The van der Waals surface area contributed by atoms with Gasteiger partial charge in [0, 0.05) is 6.54 Å². The van der Waals surface area contributed by atoms with Crippen LogP contribution in [0.15, 0.2) is 107 Å². The van der Waals surface area contributed by atoms with Crippen LogP contribution in [-0.2, 0) is 23.0 Å². The molecule has 0 saturated heterocycles. The molecule has 2 N–H and O–H groups in total. The molecule has 8 heteroatoms. The predicted octanol–water partition coefficient (Wildman–Crippen LogP) is 4.90.